The van der Waals surface area contributed by atoms with Crippen molar-refractivity contribution in [1.82, 2.24) is 12.9 Å². The molecule has 0 radical (unpaired) electrons. The number of nitrogens with zero attached hydrogens (tertiary/aromatic N) is 3. The molecule has 2 aliphatic heterocycles. The van der Waals surface area contributed by atoms with E-state index in [-0.39, 0.29) is 26.2 Å². The molecule has 0 atom stereocenters. The molecule has 2 saturated heterocycles. The van der Waals surface area contributed by atoms with Gasteiger partial charge in [0.25, 0.3) is 10.2 Å². The van der Waals surface area contributed by atoms with Crippen LogP contribution in [-0.2, 0) is 25.0 Å². The molecular formula is C17H27N3O5S2. The highest BCUT2D eigenvalue weighted by Gasteiger charge is 2.37. The molecule has 0 N–H and O–H groups in total. The third-order valence-corrected chi connectivity index (χ3v) is 9.26. The number of morpholine rings is 1. The van der Waals surface area contributed by atoms with Crippen molar-refractivity contribution >= 4 is 20.2 Å². The summed E-state index contributed by atoms with van der Waals surface area (Å²) in [5.74, 6) is 0. The first-order chi connectivity index (χ1) is 12.6. The van der Waals surface area contributed by atoms with Gasteiger partial charge in [-0.3, -0.25) is 0 Å². The molecule has 152 valence electrons. The molecular weight excluding hydrogens is 390 g/mol. The maximum atomic E-state index is 13.1. The molecule has 3 rings (SSSR count). The number of ether oxygens (including phenoxy) is 1. The number of sulfonamides is 1. The van der Waals surface area contributed by atoms with E-state index in [1.807, 2.05) is 19.1 Å². The third kappa shape index (κ3) is 4.06. The van der Waals surface area contributed by atoms with Crippen LogP contribution in [0.4, 0.5) is 0 Å². The molecule has 2 heterocycles. The summed E-state index contributed by atoms with van der Waals surface area (Å²) in [7, 11) is -7.23. The highest BCUT2D eigenvalue weighted by atomic mass is 32.2. The summed E-state index contributed by atoms with van der Waals surface area (Å²) in [5.41, 5.74) is 2.46. The van der Waals surface area contributed by atoms with Crippen molar-refractivity contribution < 1.29 is 21.6 Å². The topological polar surface area (TPSA) is 87.2 Å². The van der Waals surface area contributed by atoms with Crippen LogP contribution in [0.15, 0.2) is 17.0 Å². The molecule has 0 aliphatic carbocycles. The maximum absolute atomic E-state index is 13.1. The second-order valence-electron chi connectivity index (χ2n) is 7.05. The summed E-state index contributed by atoms with van der Waals surface area (Å²) in [6.45, 7) is 7.59. The number of rotatable bonds is 4. The standard InChI is InChI=1S/C17H27N3O5S2/c1-14-12-15(2)17(16(3)13-14)26(21,22)18-4-6-19(7-5-18)27(23,24)20-8-10-25-11-9-20/h12-13H,4-11H2,1-3H3. The van der Waals surface area contributed by atoms with Crippen molar-refractivity contribution in [1.29, 1.82) is 0 Å². The molecule has 0 bridgehead atoms. The van der Waals surface area contributed by atoms with E-state index in [1.165, 1.54) is 12.9 Å². The second-order valence-corrected chi connectivity index (χ2v) is 10.9. The Balaban J connectivity index is 1.75. The minimum atomic E-state index is -3.66. The Hall–Kier alpha value is -1.04. The fourth-order valence-electron chi connectivity index (χ4n) is 3.78. The minimum Gasteiger partial charge on any atom is -0.379 e. The van der Waals surface area contributed by atoms with Crippen LogP contribution in [-0.4, -0.2) is 82.2 Å². The summed E-state index contributed by atoms with van der Waals surface area (Å²) < 4.78 is 61.1. The van der Waals surface area contributed by atoms with Gasteiger partial charge in [-0.1, -0.05) is 17.7 Å². The van der Waals surface area contributed by atoms with Crippen molar-refractivity contribution in [2.45, 2.75) is 25.7 Å². The number of hydrogen-bond donors (Lipinski definition) is 0. The molecule has 27 heavy (non-hydrogen) atoms. The van der Waals surface area contributed by atoms with E-state index < -0.39 is 20.2 Å². The normalized spacial score (nSPS) is 21.4. The van der Waals surface area contributed by atoms with Crippen LogP contribution >= 0.6 is 0 Å². The molecule has 0 unspecified atom stereocenters. The van der Waals surface area contributed by atoms with Gasteiger partial charge in [-0.05, 0) is 31.9 Å². The largest absolute Gasteiger partial charge is 0.379 e. The summed E-state index contributed by atoms with van der Waals surface area (Å²) in [5, 5.41) is 0. The molecule has 1 aromatic carbocycles. The monoisotopic (exact) mass is 417 g/mol. The highest BCUT2D eigenvalue weighted by molar-refractivity contribution is 7.89. The van der Waals surface area contributed by atoms with Crippen LogP contribution in [0.5, 0.6) is 0 Å². The second kappa shape index (κ2) is 7.76. The van der Waals surface area contributed by atoms with E-state index in [9.17, 15) is 16.8 Å². The Kier molecular flexibility index (Phi) is 5.95. The average molecular weight is 418 g/mol. The van der Waals surface area contributed by atoms with Crippen molar-refractivity contribution in [3.63, 3.8) is 0 Å². The van der Waals surface area contributed by atoms with Gasteiger partial charge < -0.3 is 4.74 Å². The molecule has 2 aliphatic rings. The Morgan fingerprint density at radius 2 is 1.19 bits per heavy atom. The number of benzene rings is 1. The third-order valence-electron chi connectivity index (χ3n) is 5.02. The zero-order chi connectivity index (χ0) is 19.8. The maximum Gasteiger partial charge on any atom is 0.282 e. The zero-order valence-electron chi connectivity index (χ0n) is 16.0. The molecule has 2 fully saturated rings. The fraction of sp³-hybridized carbons (Fsp3) is 0.647. The Bertz CT molecular complexity index is 877. The lowest BCUT2D eigenvalue weighted by Crippen LogP contribution is -2.55. The van der Waals surface area contributed by atoms with Crippen molar-refractivity contribution in [3.8, 4) is 0 Å². The van der Waals surface area contributed by atoms with E-state index in [2.05, 4.69) is 0 Å². The average Bonchev–Trinajstić information content (AvgIpc) is 2.61. The number of piperazine rings is 1. The lowest BCUT2D eigenvalue weighted by molar-refractivity contribution is 0.0694. The Labute approximate surface area is 161 Å². The van der Waals surface area contributed by atoms with Gasteiger partial charge in [0, 0.05) is 39.3 Å². The smallest absolute Gasteiger partial charge is 0.282 e. The predicted octanol–water partition coefficient (Wildman–Crippen LogP) is 0.495. The van der Waals surface area contributed by atoms with Gasteiger partial charge in [0.1, 0.15) is 0 Å². The zero-order valence-corrected chi connectivity index (χ0v) is 17.6. The minimum absolute atomic E-state index is 0.151. The molecule has 1 aromatic rings. The van der Waals surface area contributed by atoms with E-state index in [0.29, 0.717) is 31.2 Å². The molecule has 10 heteroatoms. The van der Waals surface area contributed by atoms with Gasteiger partial charge in [0.2, 0.25) is 10.0 Å². The van der Waals surface area contributed by atoms with Gasteiger partial charge >= 0.3 is 0 Å². The number of hydrogen-bond acceptors (Lipinski definition) is 5. The molecule has 0 amide bonds. The van der Waals surface area contributed by atoms with E-state index in [4.69, 9.17) is 4.74 Å². The van der Waals surface area contributed by atoms with Crippen LogP contribution in [0.2, 0.25) is 0 Å². The first-order valence-electron chi connectivity index (χ1n) is 9.05. The fourth-order valence-corrected chi connectivity index (χ4v) is 7.18. The van der Waals surface area contributed by atoms with Crippen molar-refractivity contribution in [2.75, 3.05) is 52.5 Å². The molecule has 0 aromatic heterocycles. The predicted molar refractivity (Wildman–Crippen MR) is 102 cm³/mol. The van der Waals surface area contributed by atoms with E-state index >= 15 is 0 Å². The van der Waals surface area contributed by atoms with Crippen LogP contribution < -0.4 is 0 Å². The highest BCUT2D eigenvalue weighted by Crippen LogP contribution is 2.26. The van der Waals surface area contributed by atoms with Gasteiger partial charge in [-0.2, -0.15) is 21.3 Å². The first-order valence-corrected chi connectivity index (χ1v) is 11.9. The van der Waals surface area contributed by atoms with Gasteiger partial charge in [-0.15, -0.1) is 0 Å². The SMILES string of the molecule is Cc1cc(C)c(S(=O)(=O)N2CCN(S(=O)(=O)N3CCOCC3)CC2)c(C)c1. The summed E-state index contributed by atoms with van der Waals surface area (Å²) in [6, 6.07) is 3.72. The lowest BCUT2D eigenvalue weighted by atomic mass is 10.1. The van der Waals surface area contributed by atoms with Crippen LogP contribution in [0.25, 0.3) is 0 Å². The first kappa shape index (κ1) is 20.7. The molecule has 0 spiro atoms. The van der Waals surface area contributed by atoms with E-state index in [0.717, 1.165) is 16.7 Å². The Morgan fingerprint density at radius 3 is 1.70 bits per heavy atom. The van der Waals surface area contributed by atoms with Gasteiger partial charge in [0.15, 0.2) is 0 Å². The van der Waals surface area contributed by atoms with Crippen molar-refractivity contribution in [3.05, 3.63) is 28.8 Å². The van der Waals surface area contributed by atoms with Crippen molar-refractivity contribution in [2.24, 2.45) is 0 Å². The van der Waals surface area contributed by atoms with Crippen LogP contribution in [0.1, 0.15) is 16.7 Å². The summed E-state index contributed by atoms with van der Waals surface area (Å²) in [4.78, 5) is 0.331. The molecule has 0 saturated carbocycles. The van der Waals surface area contributed by atoms with E-state index in [1.54, 1.807) is 13.8 Å². The quantitative estimate of drug-likeness (QED) is 0.712. The van der Waals surface area contributed by atoms with Crippen LogP contribution in [0.3, 0.4) is 0 Å². The lowest BCUT2D eigenvalue weighted by Gasteiger charge is -2.37. The summed E-state index contributed by atoms with van der Waals surface area (Å²) in [6.07, 6.45) is 0. The Morgan fingerprint density at radius 1 is 0.741 bits per heavy atom. The van der Waals surface area contributed by atoms with Gasteiger partial charge in [-0.25, -0.2) is 8.42 Å². The molecule has 8 nitrogen and oxygen atoms in total. The van der Waals surface area contributed by atoms with Gasteiger partial charge in [0.05, 0.1) is 18.1 Å². The van der Waals surface area contributed by atoms with Crippen LogP contribution in [0, 0.1) is 20.8 Å². The summed E-state index contributed by atoms with van der Waals surface area (Å²) >= 11 is 0. The number of aryl methyl sites for hydroxylation is 3.